The highest BCUT2D eigenvalue weighted by atomic mass is 19.3. The average Bonchev–Trinajstić information content (AvgIpc) is 1.83. The molecule has 6 heteroatoms. The molecule has 3 N–H and O–H groups in total. The first-order chi connectivity index (χ1) is 4.42. The van der Waals surface area contributed by atoms with Gasteiger partial charge in [-0.25, -0.2) is 0 Å². The van der Waals surface area contributed by atoms with E-state index in [0.717, 1.165) is 0 Å². The van der Waals surface area contributed by atoms with Crippen LogP contribution in [0.2, 0.25) is 0 Å². The zero-order chi connectivity index (χ0) is 7.99. The van der Waals surface area contributed by atoms with Crippen molar-refractivity contribution in [1.82, 2.24) is 5.43 Å². The Morgan fingerprint density at radius 3 is 1.90 bits per heavy atom. The summed E-state index contributed by atoms with van der Waals surface area (Å²) in [6.07, 6.45) is -0.892. The summed E-state index contributed by atoms with van der Waals surface area (Å²) >= 11 is 0. The number of halogens is 4. The Kier molecular flexibility index (Phi) is 1.41. The molecule has 1 rings (SSSR count). The van der Waals surface area contributed by atoms with Gasteiger partial charge in [0.15, 0.2) is 0 Å². The van der Waals surface area contributed by atoms with Gasteiger partial charge < -0.3 is 0 Å². The molecule has 1 aliphatic rings. The highest BCUT2D eigenvalue weighted by Crippen LogP contribution is 2.50. The van der Waals surface area contributed by atoms with Crippen LogP contribution in [0.3, 0.4) is 0 Å². The van der Waals surface area contributed by atoms with E-state index >= 15 is 0 Å². The summed E-state index contributed by atoms with van der Waals surface area (Å²) in [4.78, 5) is 0. The van der Waals surface area contributed by atoms with E-state index in [0.29, 0.717) is 0 Å². The quantitative estimate of drug-likeness (QED) is 0.331. The van der Waals surface area contributed by atoms with Gasteiger partial charge in [-0.15, -0.1) is 0 Å². The van der Waals surface area contributed by atoms with Gasteiger partial charge in [0, 0.05) is 6.42 Å². The molecule has 10 heavy (non-hydrogen) atoms. The largest absolute Gasteiger partial charge is 0.326 e. The number of nitrogens with one attached hydrogen (secondary N) is 1. The lowest BCUT2D eigenvalue weighted by molar-refractivity contribution is -0.294. The minimum Gasteiger partial charge on any atom is -0.271 e. The fourth-order valence-electron chi connectivity index (χ4n) is 0.808. The first-order valence-electron chi connectivity index (χ1n) is 2.63. The van der Waals surface area contributed by atoms with Crippen molar-refractivity contribution in [3.8, 4) is 0 Å². The summed E-state index contributed by atoms with van der Waals surface area (Å²) < 4.78 is 48.0. The molecule has 0 amide bonds. The van der Waals surface area contributed by atoms with Crippen LogP contribution in [-0.2, 0) is 0 Å². The van der Waals surface area contributed by atoms with E-state index in [-0.39, 0.29) is 0 Å². The van der Waals surface area contributed by atoms with Gasteiger partial charge in [0.05, 0.1) is 6.04 Å². The Morgan fingerprint density at radius 1 is 1.30 bits per heavy atom. The van der Waals surface area contributed by atoms with E-state index in [9.17, 15) is 17.6 Å². The van der Waals surface area contributed by atoms with Crippen molar-refractivity contribution in [2.24, 2.45) is 5.84 Å². The molecule has 1 atom stereocenters. The molecule has 0 saturated heterocycles. The molecule has 0 aromatic carbocycles. The maximum atomic E-state index is 12.1. The third-order valence-electron chi connectivity index (χ3n) is 1.59. The Balaban J connectivity index is 2.65. The normalized spacial score (nSPS) is 35.1. The standard InChI is InChI=1S/C4H6F4N2/c5-3(6)1-2(10-9)4(3,7)8/h2,10H,1,9H2. The predicted octanol–water partition coefficient (Wildman–Crippen LogP) is 0.493. The summed E-state index contributed by atoms with van der Waals surface area (Å²) in [5, 5.41) is 0. The van der Waals surface area contributed by atoms with Crippen LogP contribution in [0.5, 0.6) is 0 Å². The van der Waals surface area contributed by atoms with Gasteiger partial charge >= 0.3 is 11.8 Å². The van der Waals surface area contributed by atoms with Gasteiger partial charge in [-0.05, 0) is 0 Å². The lowest BCUT2D eigenvalue weighted by Gasteiger charge is -2.42. The molecule has 1 unspecified atom stereocenters. The third kappa shape index (κ3) is 0.719. The minimum atomic E-state index is -3.98. The molecular weight excluding hydrogens is 152 g/mol. The van der Waals surface area contributed by atoms with Crippen LogP contribution in [-0.4, -0.2) is 17.9 Å². The van der Waals surface area contributed by atoms with Gasteiger partial charge in [-0.1, -0.05) is 0 Å². The van der Waals surface area contributed by atoms with Crippen molar-refractivity contribution < 1.29 is 17.6 Å². The van der Waals surface area contributed by atoms with Crippen molar-refractivity contribution in [3.63, 3.8) is 0 Å². The Morgan fingerprint density at radius 2 is 1.80 bits per heavy atom. The van der Waals surface area contributed by atoms with E-state index in [4.69, 9.17) is 0 Å². The highest BCUT2D eigenvalue weighted by Gasteiger charge is 2.71. The van der Waals surface area contributed by atoms with Crippen molar-refractivity contribution in [2.75, 3.05) is 0 Å². The molecule has 0 aromatic heterocycles. The summed E-state index contributed by atoms with van der Waals surface area (Å²) in [6, 6.07) is -1.58. The molecule has 1 fully saturated rings. The molecule has 0 radical (unpaired) electrons. The van der Waals surface area contributed by atoms with Crippen LogP contribution in [0.15, 0.2) is 0 Å². The number of rotatable bonds is 1. The maximum Gasteiger partial charge on any atom is 0.326 e. The maximum absolute atomic E-state index is 12.1. The number of hydrogen-bond donors (Lipinski definition) is 2. The summed E-state index contributed by atoms with van der Waals surface area (Å²) in [6.45, 7) is 0. The Hall–Kier alpha value is -0.360. The van der Waals surface area contributed by atoms with Gasteiger partial charge in [0.2, 0.25) is 0 Å². The van der Waals surface area contributed by atoms with Crippen LogP contribution in [0.4, 0.5) is 17.6 Å². The molecule has 0 heterocycles. The van der Waals surface area contributed by atoms with Crippen molar-refractivity contribution >= 4 is 0 Å². The van der Waals surface area contributed by atoms with Crippen LogP contribution in [0.25, 0.3) is 0 Å². The van der Waals surface area contributed by atoms with Gasteiger partial charge in [-0.3, -0.25) is 11.3 Å². The number of hydrogen-bond acceptors (Lipinski definition) is 2. The highest BCUT2D eigenvalue weighted by molar-refractivity contribution is 5.06. The lowest BCUT2D eigenvalue weighted by Crippen LogP contribution is -2.68. The minimum absolute atomic E-state index is 0.892. The monoisotopic (exact) mass is 158 g/mol. The lowest BCUT2D eigenvalue weighted by atomic mass is 9.84. The Bertz CT molecular complexity index is 146. The van der Waals surface area contributed by atoms with E-state index in [1.807, 2.05) is 0 Å². The second kappa shape index (κ2) is 1.82. The second-order valence-electron chi connectivity index (χ2n) is 2.25. The third-order valence-corrected chi connectivity index (χ3v) is 1.59. The Labute approximate surface area is 54.4 Å². The smallest absolute Gasteiger partial charge is 0.271 e. The molecule has 1 saturated carbocycles. The fraction of sp³-hybridized carbons (Fsp3) is 1.00. The molecule has 0 aliphatic heterocycles. The van der Waals surface area contributed by atoms with E-state index in [2.05, 4.69) is 5.84 Å². The van der Waals surface area contributed by atoms with Crippen molar-refractivity contribution in [2.45, 2.75) is 24.3 Å². The van der Waals surface area contributed by atoms with Gasteiger partial charge in [0.25, 0.3) is 0 Å². The van der Waals surface area contributed by atoms with Crippen molar-refractivity contribution in [3.05, 3.63) is 0 Å². The predicted molar refractivity (Wildman–Crippen MR) is 25.6 cm³/mol. The average molecular weight is 158 g/mol. The van der Waals surface area contributed by atoms with Crippen molar-refractivity contribution in [1.29, 1.82) is 0 Å². The zero-order valence-corrected chi connectivity index (χ0v) is 4.87. The molecule has 2 nitrogen and oxygen atoms in total. The summed E-state index contributed by atoms with van der Waals surface area (Å²) in [5.41, 5.74) is 1.62. The van der Waals surface area contributed by atoms with Crippen LogP contribution in [0, 0.1) is 0 Å². The SMILES string of the molecule is NNC1CC(F)(F)C1(F)F. The van der Waals surface area contributed by atoms with E-state index in [1.165, 1.54) is 0 Å². The molecule has 0 bridgehead atoms. The molecule has 60 valence electrons. The number of hydrazine groups is 1. The van der Waals surface area contributed by atoms with Crippen LogP contribution >= 0.6 is 0 Å². The first kappa shape index (κ1) is 7.74. The summed E-state index contributed by atoms with van der Waals surface area (Å²) in [7, 11) is 0. The molecular formula is C4H6F4N2. The van der Waals surface area contributed by atoms with Crippen LogP contribution in [0.1, 0.15) is 6.42 Å². The molecule has 1 aliphatic carbocycles. The molecule has 0 spiro atoms. The number of nitrogens with two attached hydrogens (primary N) is 1. The topological polar surface area (TPSA) is 38.0 Å². The second-order valence-corrected chi connectivity index (χ2v) is 2.25. The van der Waals surface area contributed by atoms with Crippen LogP contribution < -0.4 is 11.3 Å². The van der Waals surface area contributed by atoms with Gasteiger partial charge in [0.1, 0.15) is 0 Å². The zero-order valence-electron chi connectivity index (χ0n) is 4.87. The first-order valence-corrected chi connectivity index (χ1v) is 2.63. The molecule has 0 aromatic rings. The van der Waals surface area contributed by atoms with E-state index in [1.54, 1.807) is 5.43 Å². The van der Waals surface area contributed by atoms with E-state index < -0.39 is 24.3 Å². The van der Waals surface area contributed by atoms with Gasteiger partial charge in [-0.2, -0.15) is 17.6 Å². The summed E-state index contributed by atoms with van der Waals surface area (Å²) in [5.74, 6) is -3.30. The number of alkyl halides is 4. The fourth-order valence-corrected chi connectivity index (χ4v) is 0.808.